The molecule has 1 amide bonds. The number of halogens is 1. The molecular formula is C22H33GeIN3O4. The molecule has 1 unspecified atom stereocenters. The Kier molecular flexibility index (Phi) is 14.4. The number of amides is 1. The van der Waals surface area contributed by atoms with Gasteiger partial charge < -0.3 is 16.4 Å². The molecule has 2 aromatic rings. The molecule has 6 N–H and O–H groups in total. The predicted octanol–water partition coefficient (Wildman–Crippen LogP) is -0.0194. The van der Waals surface area contributed by atoms with Gasteiger partial charge in [-0.25, -0.2) is 0 Å². The molecule has 1 aliphatic heterocycles. The van der Waals surface area contributed by atoms with Crippen LogP contribution in [0.25, 0.3) is 0 Å². The Balaban J connectivity index is 0.00000300. The van der Waals surface area contributed by atoms with Gasteiger partial charge in [-0.3, -0.25) is 0 Å². The Labute approximate surface area is 207 Å². The van der Waals surface area contributed by atoms with E-state index < -0.39 is 0 Å². The summed E-state index contributed by atoms with van der Waals surface area (Å²) in [5.74, 6) is 0.180. The minimum Gasteiger partial charge on any atom is -0.412 e. The largest absolute Gasteiger partial charge is 0.412 e. The summed E-state index contributed by atoms with van der Waals surface area (Å²) in [6, 6.07) is 18.8. The van der Waals surface area contributed by atoms with E-state index in [1.807, 2.05) is 19.2 Å². The quantitative estimate of drug-likeness (QED) is 0.192. The van der Waals surface area contributed by atoms with Gasteiger partial charge in [0.05, 0.1) is 0 Å². The third kappa shape index (κ3) is 9.17. The summed E-state index contributed by atoms with van der Waals surface area (Å²) < 4.78 is 1.67. The van der Waals surface area contributed by atoms with Crippen LogP contribution >= 0.6 is 22.6 Å². The number of nitrogens with zero attached hydrogens (tertiary/aromatic N) is 3. The van der Waals surface area contributed by atoms with Crippen molar-refractivity contribution in [2.45, 2.75) is 16.9 Å². The van der Waals surface area contributed by atoms with Gasteiger partial charge in [0.25, 0.3) is 0 Å². The normalized spacial score (nSPS) is 16.4. The Hall–Kier alpha value is -1.02. The summed E-state index contributed by atoms with van der Waals surface area (Å²) in [6.07, 6.45) is 1.66. The van der Waals surface area contributed by atoms with E-state index in [1.165, 1.54) is 9.96 Å². The molecule has 31 heavy (non-hydrogen) atoms. The summed E-state index contributed by atoms with van der Waals surface area (Å²) in [7, 11) is 1.87. The molecule has 1 fully saturated rings. The maximum atomic E-state index is 12.6. The van der Waals surface area contributed by atoms with Crippen LogP contribution in [0.2, 0.25) is 0 Å². The first-order valence-electron chi connectivity index (χ1n) is 9.75. The van der Waals surface area contributed by atoms with Crippen molar-refractivity contribution in [2.24, 2.45) is 0 Å². The van der Waals surface area contributed by atoms with Crippen LogP contribution in [0.3, 0.4) is 0 Å². The molecule has 1 aliphatic rings. The first-order chi connectivity index (χ1) is 13.5. The van der Waals surface area contributed by atoms with E-state index in [0.717, 1.165) is 44.8 Å². The number of benzene rings is 2. The fraction of sp³-hybridized carbons (Fsp3) is 0.409. The minimum atomic E-state index is 0. The molecule has 171 valence electrons. The van der Waals surface area contributed by atoms with E-state index in [4.69, 9.17) is 0 Å². The zero-order valence-electron chi connectivity index (χ0n) is 17.9. The fourth-order valence-corrected chi connectivity index (χ4v) is 4.92. The van der Waals surface area contributed by atoms with Crippen LogP contribution in [0.4, 0.5) is 5.69 Å². The van der Waals surface area contributed by atoms with Crippen molar-refractivity contribution in [2.75, 3.05) is 44.7 Å². The first-order valence-corrected chi connectivity index (χ1v) is 12.0. The molecule has 2 aromatic carbocycles. The Morgan fingerprint density at radius 1 is 1.03 bits per heavy atom. The van der Waals surface area contributed by atoms with E-state index in [2.05, 4.69) is 91.4 Å². The minimum absolute atomic E-state index is 0. The average molecular weight is 603 g/mol. The van der Waals surface area contributed by atoms with Crippen LogP contribution in [0.1, 0.15) is 12.0 Å². The third-order valence-electron chi connectivity index (χ3n) is 5.31. The first kappa shape index (κ1) is 30.0. The zero-order valence-corrected chi connectivity index (χ0v) is 22.1. The second-order valence-corrected chi connectivity index (χ2v) is 9.91. The van der Waals surface area contributed by atoms with Crippen LogP contribution in [0, 0.1) is 0 Å². The number of hydrogen-bond acceptors (Lipinski definition) is 3. The Morgan fingerprint density at radius 2 is 1.68 bits per heavy atom. The molecule has 0 aliphatic carbocycles. The second kappa shape index (κ2) is 14.9. The van der Waals surface area contributed by atoms with Crippen molar-refractivity contribution < 1.29 is 21.2 Å². The molecule has 0 aromatic heterocycles. The van der Waals surface area contributed by atoms with E-state index in [9.17, 15) is 4.79 Å². The summed E-state index contributed by atoms with van der Waals surface area (Å²) >= 11 is 4.59. The second-order valence-electron chi connectivity index (χ2n) is 7.26. The third-order valence-corrected chi connectivity index (χ3v) is 7.19. The number of hydrogen-bond donors (Lipinski definition) is 0. The molecule has 0 bridgehead atoms. The van der Waals surface area contributed by atoms with Gasteiger partial charge >= 0.3 is 143 Å². The van der Waals surface area contributed by atoms with Crippen LogP contribution < -0.4 is 9.30 Å². The summed E-state index contributed by atoms with van der Waals surface area (Å²) in [5, 5.41) is 0. The number of alkyl halides is 1. The monoisotopic (exact) mass is 604 g/mol. The number of anilines is 1. The fourth-order valence-electron chi connectivity index (χ4n) is 3.45. The molecule has 1 saturated heterocycles. The molecule has 0 spiro atoms. The summed E-state index contributed by atoms with van der Waals surface area (Å²) in [5.41, 5.74) is 2.37. The molecule has 0 saturated carbocycles. The van der Waals surface area contributed by atoms with E-state index >= 15 is 0 Å². The predicted molar refractivity (Wildman–Crippen MR) is 137 cm³/mol. The smallest absolute Gasteiger partial charge is 0.412 e. The molecule has 1 atom stereocenters. The van der Waals surface area contributed by atoms with Crippen molar-refractivity contribution in [1.82, 2.24) is 9.80 Å². The number of carbonyl (C=O) groups is 1. The summed E-state index contributed by atoms with van der Waals surface area (Å²) in [4.78, 5) is 19.4. The van der Waals surface area contributed by atoms with Gasteiger partial charge in [0.2, 0.25) is 0 Å². The Morgan fingerprint density at radius 3 is 2.29 bits per heavy atom. The van der Waals surface area contributed by atoms with Crippen molar-refractivity contribution in [3.05, 3.63) is 60.2 Å². The number of rotatable bonds is 7. The molecule has 1 heterocycles. The van der Waals surface area contributed by atoms with Crippen molar-refractivity contribution in [3.63, 3.8) is 0 Å². The molecule has 3 radical (unpaired) electrons. The van der Waals surface area contributed by atoms with Crippen LogP contribution in [0.15, 0.2) is 54.6 Å². The van der Waals surface area contributed by atoms with Gasteiger partial charge in [-0.05, 0) is 12.0 Å². The molecule has 7 nitrogen and oxygen atoms in total. The van der Waals surface area contributed by atoms with Crippen molar-refractivity contribution in [3.8, 4) is 0 Å². The molecule has 9 heteroatoms. The maximum Gasteiger partial charge on any atom is -0.412 e. The van der Waals surface area contributed by atoms with E-state index in [0.29, 0.717) is 10.5 Å². The van der Waals surface area contributed by atoms with Crippen molar-refractivity contribution >= 4 is 55.1 Å². The van der Waals surface area contributed by atoms with Gasteiger partial charge in [-0.2, -0.15) is 0 Å². The van der Waals surface area contributed by atoms with Gasteiger partial charge in [0.1, 0.15) is 0 Å². The zero-order chi connectivity index (χ0) is 19.9. The summed E-state index contributed by atoms with van der Waals surface area (Å²) in [6.45, 7) is 5.11. The standard InChI is InChI=1S/C22H27GeIN3O.3H2O/c1-25(20-9-7-19(23)8-10-20)22(28)12-14-27-16-15-26(17-21(27)24)13-11-18-5-3-2-4-6-18;;;/h2-10,21H,11-17H2,1H3;3*1H2. The van der Waals surface area contributed by atoms with Crippen molar-refractivity contribution in [1.29, 1.82) is 0 Å². The van der Waals surface area contributed by atoms with Crippen LogP contribution in [-0.4, -0.2) is 92.5 Å². The maximum absolute atomic E-state index is 12.6. The SMILES string of the molecule is CN(C(=O)CCN1CCN(CCc2ccccc2)CC1I)c1cc[c]([Ge])cc1.O.O.O. The van der Waals surface area contributed by atoms with Gasteiger partial charge in [-0.1, -0.05) is 30.3 Å². The molecular weight excluding hydrogens is 570 g/mol. The van der Waals surface area contributed by atoms with E-state index in [1.54, 1.807) is 4.90 Å². The van der Waals surface area contributed by atoms with Gasteiger partial charge in [0, 0.05) is 6.54 Å². The average Bonchev–Trinajstić information content (AvgIpc) is 2.72. The van der Waals surface area contributed by atoms with Crippen LogP contribution in [0.5, 0.6) is 0 Å². The van der Waals surface area contributed by atoms with E-state index in [-0.39, 0.29) is 22.3 Å². The molecule has 3 rings (SSSR count). The number of carbonyl (C=O) groups excluding carboxylic acids is 1. The van der Waals surface area contributed by atoms with Crippen LogP contribution in [-0.2, 0) is 11.2 Å². The van der Waals surface area contributed by atoms with Gasteiger partial charge in [-0.15, -0.1) is 0 Å². The topological polar surface area (TPSA) is 121 Å². The Bertz CT molecular complexity index is 767. The van der Waals surface area contributed by atoms with Gasteiger partial charge in [0.15, 0.2) is 0 Å². The number of piperazine rings is 1.